The number of rotatable bonds is 5. The number of aromatic nitrogens is 4. The molecule has 0 aliphatic carbocycles. The van der Waals surface area contributed by atoms with Crippen molar-refractivity contribution in [2.45, 2.75) is 19.4 Å². The smallest absolute Gasteiger partial charge is 0.159 e. The maximum Gasteiger partial charge on any atom is 0.159 e. The molecule has 1 atom stereocenters. The second-order valence-electron chi connectivity index (χ2n) is 5.74. The molecule has 2 N–H and O–H groups in total. The first-order valence-electron chi connectivity index (χ1n) is 7.50. The molecular weight excluding hydrogens is 326 g/mol. The van der Waals surface area contributed by atoms with Crippen molar-refractivity contribution >= 4 is 17.4 Å². The van der Waals surface area contributed by atoms with Crippen LogP contribution < -0.4 is 5.32 Å². The van der Waals surface area contributed by atoms with Gasteiger partial charge in [0.25, 0.3) is 0 Å². The molecule has 0 bridgehead atoms. The van der Waals surface area contributed by atoms with E-state index in [2.05, 4.69) is 20.3 Å². The zero-order chi connectivity index (χ0) is 17.2. The number of nitrogens with zero attached hydrogens (tertiary/aromatic N) is 4. The molecule has 0 aliphatic heterocycles. The van der Waals surface area contributed by atoms with Crippen molar-refractivity contribution in [3.05, 3.63) is 65.5 Å². The van der Waals surface area contributed by atoms with E-state index in [9.17, 15) is 5.11 Å². The van der Waals surface area contributed by atoms with Crippen LogP contribution in [0.2, 0.25) is 5.02 Å². The van der Waals surface area contributed by atoms with Gasteiger partial charge in [-0.3, -0.25) is 9.55 Å². The highest BCUT2D eigenvalue weighted by Gasteiger charge is 2.23. The van der Waals surface area contributed by atoms with Crippen LogP contribution in [0.5, 0.6) is 0 Å². The molecule has 1 unspecified atom stereocenters. The predicted octanol–water partition coefficient (Wildman–Crippen LogP) is 2.94. The molecule has 0 fully saturated rings. The van der Waals surface area contributed by atoms with E-state index in [1.165, 1.54) is 0 Å². The zero-order valence-corrected chi connectivity index (χ0v) is 14.2. The van der Waals surface area contributed by atoms with Gasteiger partial charge >= 0.3 is 0 Å². The topological polar surface area (TPSA) is 75.9 Å². The third kappa shape index (κ3) is 3.55. The maximum atomic E-state index is 10.7. The van der Waals surface area contributed by atoms with Gasteiger partial charge in [0.2, 0.25) is 0 Å². The number of nitrogens with one attached hydrogen (secondary N) is 1. The first-order valence-corrected chi connectivity index (χ1v) is 7.88. The Morgan fingerprint density at radius 2 is 2.17 bits per heavy atom. The standard InChI is InChI=1S/C17H18ClN5O/c1-12-20-6-7-23(12)16-10-19-9-15(22-16)21-11-17(2,24)13-4-3-5-14(18)8-13/h3-10,24H,11H2,1-2H3,(H,21,22). The molecule has 0 spiro atoms. The van der Waals surface area contributed by atoms with Gasteiger partial charge < -0.3 is 10.4 Å². The lowest BCUT2D eigenvalue weighted by atomic mass is 9.96. The van der Waals surface area contributed by atoms with E-state index in [4.69, 9.17) is 11.6 Å². The number of hydrogen-bond acceptors (Lipinski definition) is 5. The van der Waals surface area contributed by atoms with E-state index >= 15 is 0 Å². The normalized spacial score (nSPS) is 13.5. The summed E-state index contributed by atoms with van der Waals surface area (Å²) in [7, 11) is 0. The Labute approximate surface area is 145 Å². The molecule has 2 heterocycles. The molecule has 6 nitrogen and oxygen atoms in total. The Morgan fingerprint density at radius 1 is 1.33 bits per heavy atom. The number of imidazole rings is 1. The summed E-state index contributed by atoms with van der Waals surface area (Å²) in [6.45, 7) is 3.89. The van der Waals surface area contributed by atoms with Crippen molar-refractivity contribution in [1.82, 2.24) is 19.5 Å². The molecule has 3 aromatic rings. The number of aryl methyl sites for hydroxylation is 1. The molecule has 3 rings (SSSR count). The highest BCUT2D eigenvalue weighted by atomic mass is 35.5. The van der Waals surface area contributed by atoms with Crippen molar-refractivity contribution in [1.29, 1.82) is 0 Å². The Morgan fingerprint density at radius 3 is 2.88 bits per heavy atom. The molecule has 0 radical (unpaired) electrons. The first-order chi connectivity index (χ1) is 11.5. The van der Waals surface area contributed by atoms with Crippen molar-refractivity contribution < 1.29 is 5.11 Å². The first kappa shape index (κ1) is 16.4. The minimum Gasteiger partial charge on any atom is -0.384 e. The zero-order valence-electron chi connectivity index (χ0n) is 13.4. The molecule has 124 valence electrons. The van der Waals surface area contributed by atoms with Gasteiger partial charge in [0.1, 0.15) is 17.2 Å². The van der Waals surface area contributed by atoms with E-state index in [0.29, 0.717) is 16.7 Å². The van der Waals surface area contributed by atoms with Crippen LogP contribution in [0.25, 0.3) is 5.82 Å². The van der Waals surface area contributed by atoms with Gasteiger partial charge in [0.05, 0.1) is 12.4 Å². The van der Waals surface area contributed by atoms with Crippen LogP contribution in [0, 0.1) is 6.92 Å². The van der Waals surface area contributed by atoms with E-state index in [1.54, 1.807) is 37.6 Å². The quantitative estimate of drug-likeness (QED) is 0.745. The molecular formula is C17H18ClN5O. The second-order valence-corrected chi connectivity index (χ2v) is 6.18. The average molecular weight is 344 g/mol. The van der Waals surface area contributed by atoms with Crippen LogP contribution in [0.3, 0.4) is 0 Å². The fourth-order valence-electron chi connectivity index (χ4n) is 2.37. The number of benzene rings is 1. The molecule has 0 saturated heterocycles. The van der Waals surface area contributed by atoms with Crippen LogP contribution in [0.1, 0.15) is 18.3 Å². The van der Waals surface area contributed by atoms with Crippen LogP contribution in [0.15, 0.2) is 49.1 Å². The largest absolute Gasteiger partial charge is 0.384 e. The summed E-state index contributed by atoms with van der Waals surface area (Å²) in [4.78, 5) is 12.9. The van der Waals surface area contributed by atoms with Gasteiger partial charge in [0, 0.05) is 24.0 Å². The minimum atomic E-state index is -1.09. The Hall–Kier alpha value is -2.44. The Bertz CT molecular complexity index is 846. The van der Waals surface area contributed by atoms with Crippen molar-refractivity contribution in [2.24, 2.45) is 0 Å². The van der Waals surface area contributed by atoms with Crippen molar-refractivity contribution in [3.63, 3.8) is 0 Å². The second kappa shape index (κ2) is 6.59. The third-order valence-electron chi connectivity index (χ3n) is 3.75. The highest BCUT2D eigenvalue weighted by molar-refractivity contribution is 6.30. The lowest BCUT2D eigenvalue weighted by Gasteiger charge is -2.24. The van der Waals surface area contributed by atoms with Crippen LogP contribution in [0.4, 0.5) is 5.82 Å². The molecule has 1 aromatic carbocycles. The lowest BCUT2D eigenvalue weighted by molar-refractivity contribution is 0.0714. The molecule has 2 aromatic heterocycles. The summed E-state index contributed by atoms with van der Waals surface area (Å²) in [6.07, 6.45) is 6.81. The number of aliphatic hydroxyl groups is 1. The van der Waals surface area contributed by atoms with E-state index in [-0.39, 0.29) is 6.54 Å². The Balaban J connectivity index is 1.76. The fraction of sp³-hybridized carbons (Fsp3) is 0.235. The summed E-state index contributed by atoms with van der Waals surface area (Å²) >= 11 is 6.00. The van der Waals surface area contributed by atoms with Gasteiger partial charge in [-0.1, -0.05) is 23.7 Å². The number of anilines is 1. The minimum absolute atomic E-state index is 0.272. The van der Waals surface area contributed by atoms with Gasteiger partial charge in [-0.15, -0.1) is 0 Å². The lowest BCUT2D eigenvalue weighted by Crippen LogP contribution is -2.31. The highest BCUT2D eigenvalue weighted by Crippen LogP contribution is 2.24. The van der Waals surface area contributed by atoms with Gasteiger partial charge in [-0.2, -0.15) is 0 Å². The Kier molecular flexibility index (Phi) is 4.51. The molecule has 24 heavy (non-hydrogen) atoms. The van der Waals surface area contributed by atoms with Crippen molar-refractivity contribution in [3.8, 4) is 5.82 Å². The summed E-state index contributed by atoms with van der Waals surface area (Å²) < 4.78 is 1.84. The van der Waals surface area contributed by atoms with Crippen LogP contribution in [-0.4, -0.2) is 31.2 Å². The van der Waals surface area contributed by atoms with Gasteiger partial charge in [-0.25, -0.2) is 9.97 Å². The van der Waals surface area contributed by atoms with E-state index < -0.39 is 5.60 Å². The monoisotopic (exact) mass is 343 g/mol. The maximum absolute atomic E-state index is 10.7. The number of halogens is 1. The van der Waals surface area contributed by atoms with Gasteiger partial charge in [0.15, 0.2) is 5.82 Å². The van der Waals surface area contributed by atoms with E-state index in [0.717, 1.165) is 11.4 Å². The SMILES string of the molecule is Cc1nccn1-c1cncc(NCC(C)(O)c2cccc(Cl)c2)n1. The predicted molar refractivity (Wildman–Crippen MR) is 93.4 cm³/mol. The summed E-state index contributed by atoms with van der Waals surface area (Å²) in [5.41, 5.74) is -0.356. The molecule has 0 amide bonds. The summed E-state index contributed by atoms with van der Waals surface area (Å²) in [6, 6.07) is 7.18. The molecule has 0 saturated carbocycles. The summed E-state index contributed by atoms with van der Waals surface area (Å²) in [5, 5.41) is 14.4. The molecule has 0 aliphatic rings. The number of hydrogen-bond donors (Lipinski definition) is 2. The van der Waals surface area contributed by atoms with Crippen molar-refractivity contribution in [2.75, 3.05) is 11.9 Å². The fourth-order valence-corrected chi connectivity index (χ4v) is 2.56. The van der Waals surface area contributed by atoms with Crippen LogP contribution in [-0.2, 0) is 5.60 Å². The summed E-state index contributed by atoms with van der Waals surface area (Å²) in [5.74, 6) is 2.06. The van der Waals surface area contributed by atoms with E-state index in [1.807, 2.05) is 29.8 Å². The third-order valence-corrected chi connectivity index (χ3v) is 3.99. The van der Waals surface area contributed by atoms with Gasteiger partial charge in [-0.05, 0) is 31.5 Å². The average Bonchev–Trinajstić information content (AvgIpc) is 2.99. The van der Waals surface area contributed by atoms with Crippen LogP contribution >= 0.6 is 11.6 Å². The molecule has 7 heteroatoms.